The molecule has 8 nitrogen and oxygen atoms in total. The Kier molecular flexibility index (Phi) is 8.88. The van der Waals surface area contributed by atoms with E-state index in [1.165, 1.54) is 18.9 Å². The molecule has 2 aliphatic carbocycles. The van der Waals surface area contributed by atoms with E-state index >= 15 is 0 Å². The summed E-state index contributed by atoms with van der Waals surface area (Å²) in [5.74, 6) is -1.75. The third-order valence-electron chi connectivity index (χ3n) is 9.83. The number of aliphatic carboxylic acids is 1. The molecule has 0 bridgehead atoms. The van der Waals surface area contributed by atoms with Crippen molar-refractivity contribution in [1.82, 2.24) is 9.88 Å². The minimum absolute atomic E-state index is 0.0927. The van der Waals surface area contributed by atoms with E-state index in [9.17, 15) is 35.9 Å². The number of nitrogens with zero attached hydrogens (tertiary/aromatic N) is 3. The van der Waals surface area contributed by atoms with Crippen molar-refractivity contribution in [2.45, 2.75) is 76.0 Å². The molecule has 3 unspecified atom stereocenters. The van der Waals surface area contributed by atoms with Crippen molar-refractivity contribution >= 4 is 17.9 Å². The Bertz CT molecular complexity index is 1640. The predicted molar refractivity (Wildman–Crippen MR) is 162 cm³/mol. The van der Waals surface area contributed by atoms with E-state index < -0.39 is 54.5 Å². The number of rotatable bonds is 9. The fourth-order valence-corrected chi connectivity index (χ4v) is 6.97. The van der Waals surface area contributed by atoms with Crippen LogP contribution in [0, 0.1) is 11.8 Å². The second-order valence-corrected chi connectivity index (χ2v) is 13.0. The molecule has 0 radical (unpaired) electrons. The van der Waals surface area contributed by atoms with Gasteiger partial charge in [0.15, 0.2) is 0 Å². The van der Waals surface area contributed by atoms with Crippen molar-refractivity contribution in [1.29, 1.82) is 0 Å². The number of carboxylic acid groups (broad SMARTS) is 1. The fourth-order valence-electron chi connectivity index (χ4n) is 6.97. The zero-order chi connectivity index (χ0) is 34.5. The van der Waals surface area contributed by atoms with E-state index in [4.69, 9.17) is 19.6 Å². The number of aromatic nitrogens is 1. The van der Waals surface area contributed by atoms with E-state index in [0.717, 1.165) is 37.9 Å². The molecule has 1 aromatic heterocycles. The largest absolute Gasteiger partial charge is 0.496 e. The van der Waals surface area contributed by atoms with Crippen LogP contribution in [0.15, 0.2) is 53.6 Å². The van der Waals surface area contributed by atoms with Crippen LogP contribution in [-0.2, 0) is 16.1 Å². The highest BCUT2D eigenvalue weighted by Crippen LogP contribution is 2.47. The first-order valence-electron chi connectivity index (χ1n) is 15.8. The van der Waals surface area contributed by atoms with Crippen LogP contribution in [0.5, 0.6) is 5.75 Å². The highest BCUT2D eigenvalue weighted by atomic mass is 19.4. The second kappa shape index (κ2) is 12.7. The predicted octanol–water partition coefficient (Wildman–Crippen LogP) is 7.64. The normalized spacial score (nSPS) is 25.9. The molecule has 1 aromatic carbocycles. The Hall–Kier alpha value is -4.23. The molecule has 258 valence electrons. The van der Waals surface area contributed by atoms with Crippen molar-refractivity contribution < 1.29 is 50.5 Å². The van der Waals surface area contributed by atoms with E-state index in [1.54, 1.807) is 0 Å². The second-order valence-electron chi connectivity index (χ2n) is 13.0. The molecule has 2 aliphatic heterocycles. The Labute approximate surface area is 273 Å². The van der Waals surface area contributed by atoms with Gasteiger partial charge in [-0.2, -0.15) is 26.3 Å². The number of anilines is 1. The lowest BCUT2D eigenvalue weighted by atomic mass is 9.70. The van der Waals surface area contributed by atoms with Crippen LogP contribution >= 0.6 is 0 Å². The molecule has 0 spiro atoms. The van der Waals surface area contributed by atoms with Gasteiger partial charge in [0.05, 0.1) is 36.9 Å². The van der Waals surface area contributed by atoms with Crippen LogP contribution in [0.4, 0.5) is 37.0 Å². The average molecular weight is 680 g/mol. The zero-order valence-corrected chi connectivity index (χ0v) is 26.3. The summed E-state index contributed by atoms with van der Waals surface area (Å²) >= 11 is 0. The lowest BCUT2D eigenvalue weighted by molar-refractivity contribution is -0.163. The minimum Gasteiger partial charge on any atom is -0.496 e. The third kappa shape index (κ3) is 6.70. The third-order valence-corrected chi connectivity index (χ3v) is 9.83. The van der Waals surface area contributed by atoms with Gasteiger partial charge in [0.2, 0.25) is 0 Å². The first-order chi connectivity index (χ1) is 22.6. The van der Waals surface area contributed by atoms with Crippen molar-refractivity contribution in [2.75, 3.05) is 25.1 Å². The summed E-state index contributed by atoms with van der Waals surface area (Å²) in [7, 11) is 1.52. The number of methoxy groups -OCH3 is 1. The molecule has 1 saturated carbocycles. The van der Waals surface area contributed by atoms with Gasteiger partial charge in [0.25, 0.3) is 0 Å². The van der Waals surface area contributed by atoms with Crippen LogP contribution in [0.2, 0.25) is 0 Å². The smallest absolute Gasteiger partial charge is 0.416 e. The van der Waals surface area contributed by atoms with E-state index in [2.05, 4.69) is 4.90 Å². The van der Waals surface area contributed by atoms with E-state index in [-0.39, 0.29) is 36.5 Å². The lowest BCUT2D eigenvalue weighted by Gasteiger charge is -2.35. The number of carbonyl (C=O) groups excluding carboxylic acids is 1. The standard InChI is InChI=1S/C34H35F6N3O5/c1-18-31(22-13-23(33(35,36)37)16-24(14-22)34(38,39)40)48-32(46)43(18)17-27-25(5-7-29(41-27)42-8-3-9-42)26-15-20(4-6-28(26)47-2)21-10-19(11-21)12-30(44)45/h4-7,13,15-16,18-19,21,24,31H,3,8-12,14,17H2,1-2H3,(H,44,45). The van der Waals surface area contributed by atoms with Gasteiger partial charge < -0.3 is 19.5 Å². The first-order valence-corrected chi connectivity index (χ1v) is 15.8. The van der Waals surface area contributed by atoms with Gasteiger partial charge in [-0.05, 0) is 85.9 Å². The molecule has 1 amide bonds. The van der Waals surface area contributed by atoms with Crippen LogP contribution in [0.1, 0.15) is 56.2 Å². The number of halogens is 6. The number of alkyl halides is 6. The van der Waals surface area contributed by atoms with Crippen LogP contribution < -0.4 is 9.64 Å². The van der Waals surface area contributed by atoms with Gasteiger partial charge in [0, 0.05) is 30.6 Å². The van der Waals surface area contributed by atoms with Crippen LogP contribution in [0.3, 0.4) is 0 Å². The summed E-state index contributed by atoms with van der Waals surface area (Å²) in [5.41, 5.74) is 1.10. The molecule has 3 atom stereocenters. The molecule has 14 heteroatoms. The summed E-state index contributed by atoms with van der Waals surface area (Å²) < 4.78 is 93.1. The first kappa shape index (κ1) is 33.7. The SMILES string of the molecule is COc1ccc(C2CC(CC(=O)O)C2)cc1-c1ccc(N2CCC2)nc1CN1C(=O)OC(C2=CC(C(F)(F)F)=CC(C(F)(F)F)C2)C1C. The van der Waals surface area contributed by atoms with Gasteiger partial charge in [-0.1, -0.05) is 12.1 Å². The summed E-state index contributed by atoms with van der Waals surface area (Å²) in [5, 5.41) is 9.15. The number of carbonyl (C=O) groups is 2. The minimum atomic E-state index is -5.01. The monoisotopic (exact) mass is 679 g/mol. The topological polar surface area (TPSA) is 92.2 Å². The zero-order valence-electron chi connectivity index (χ0n) is 26.3. The molecule has 4 aliphatic rings. The Morgan fingerprint density at radius 3 is 2.42 bits per heavy atom. The highest BCUT2D eigenvalue weighted by molar-refractivity contribution is 5.76. The Morgan fingerprint density at radius 1 is 1.08 bits per heavy atom. The molecule has 3 fully saturated rings. The lowest BCUT2D eigenvalue weighted by Crippen LogP contribution is -2.38. The van der Waals surface area contributed by atoms with E-state index in [1.807, 2.05) is 30.3 Å². The number of amides is 1. The maximum absolute atomic E-state index is 13.7. The highest BCUT2D eigenvalue weighted by Gasteiger charge is 2.48. The number of hydrogen-bond donors (Lipinski definition) is 1. The number of hydrogen-bond acceptors (Lipinski definition) is 6. The number of benzene rings is 1. The fraction of sp³-hybridized carbons (Fsp3) is 0.500. The molecule has 3 heterocycles. The maximum Gasteiger partial charge on any atom is 0.416 e. The van der Waals surface area contributed by atoms with Crippen molar-refractivity contribution in [3.8, 4) is 16.9 Å². The molecular formula is C34H35F6N3O5. The Morgan fingerprint density at radius 2 is 1.81 bits per heavy atom. The van der Waals surface area contributed by atoms with Crippen molar-refractivity contribution in [3.05, 3.63) is 64.9 Å². The van der Waals surface area contributed by atoms with Gasteiger partial charge in [-0.3, -0.25) is 9.69 Å². The average Bonchev–Trinajstić information content (AvgIpc) is 3.25. The molecule has 48 heavy (non-hydrogen) atoms. The van der Waals surface area contributed by atoms with Crippen LogP contribution in [0.25, 0.3) is 11.1 Å². The number of cyclic esters (lactones) is 1. The van der Waals surface area contributed by atoms with Crippen molar-refractivity contribution in [2.24, 2.45) is 11.8 Å². The summed E-state index contributed by atoms with van der Waals surface area (Å²) in [6.07, 6.45) is -9.50. The van der Waals surface area contributed by atoms with Crippen LogP contribution in [-0.4, -0.2) is 71.8 Å². The van der Waals surface area contributed by atoms with Gasteiger partial charge in [-0.25, -0.2) is 9.78 Å². The van der Waals surface area contributed by atoms with Gasteiger partial charge >= 0.3 is 24.4 Å². The molecule has 2 saturated heterocycles. The summed E-state index contributed by atoms with van der Waals surface area (Å²) in [6, 6.07) is 8.55. The van der Waals surface area contributed by atoms with Gasteiger partial charge in [0.1, 0.15) is 17.7 Å². The summed E-state index contributed by atoms with van der Waals surface area (Å²) in [6.45, 7) is 2.99. The summed E-state index contributed by atoms with van der Waals surface area (Å²) in [4.78, 5) is 32.7. The number of ether oxygens (including phenoxy) is 2. The molecule has 6 rings (SSSR count). The number of allylic oxidation sites excluding steroid dienone is 3. The number of pyridine rings is 1. The molecule has 1 N–H and O–H groups in total. The molecular weight excluding hydrogens is 644 g/mol. The molecule has 2 aromatic rings. The quantitative estimate of drug-likeness (QED) is 0.273. The van der Waals surface area contributed by atoms with E-state index in [0.29, 0.717) is 34.5 Å². The maximum atomic E-state index is 13.7. The van der Waals surface area contributed by atoms with Crippen molar-refractivity contribution in [3.63, 3.8) is 0 Å². The number of carboxylic acids is 1. The Balaban J connectivity index is 1.32. The van der Waals surface area contributed by atoms with Gasteiger partial charge in [-0.15, -0.1) is 0 Å².